The van der Waals surface area contributed by atoms with E-state index >= 15 is 0 Å². The van der Waals surface area contributed by atoms with E-state index in [1.807, 2.05) is 0 Å². The Labute approximate surface area is 109 Å². The van der Waals surface area contributed by atoms with Crippen molar-refractivity contribution in [1.29, 1.82) is 0 Å². The molecular formula is C11H11Cl2NO3. The maximum atomic E-state index is 11.5. The fourth-order valence-corrected chi connectivity index (χ4v) is 1.78. The maximum absolute atomic E-state index is 11.5. The molecule has 92 valence electrons. The van der Waals surface area contributed by atoms with E-state index in [4.69, 9.17) is 23.2 Å². The van der Waals surface area contributed by atoms with Gasteiger partial charge in [0.1, 0.15) is 6.54 Å². The van der Waals surface area contributed by atoms with Gasteiger partial charge in [0.2, 0.25) is 5.91 Å². The van der Waals surface area contributed by atoms with Gasteiger partial charge in [0.25, 0.3) is 0 Å². The van der Waals surface area contributed by atoms with Crippen molar-refractivity contribution in [3.63, 3.8) is 0 Å². The van der Waals surface area contributed by atoms with Gasteiger partial charge in [-0.1, -0.05) is 23.2 Å². The Balaban J connectivity index is 2.53. The molecule has 0 unspecified atom stereocenters. The topological polar surface area (TPSA) is 55.4 Å². The van der Waals surface area contributed by atoms with Crippen LogP contribution in [0.5, 0.6) is 0 Å². The third-order valence-corrected chi connectivity index (χ3v) is 2.38. The first-order chi connectivity index (χ1) is 8.01. The summed E-state index contributed by atoms with van der Waals surface area (Å²) in [5, 5.41) is 3.35. The minimum absolute atomic E-state index is 0.108. The molecule has 0 spiro atoms. The van der Waals surface area contributed by atoms with Gasteiger partial charge in [-0.3, -0.25) is 9.59 Å². The van der Waals surface area contributed by atoms with Crippen LogP contribution in [0.2, 0.25) is 10.0 Å². The van der Waals surface area contributed by atoms with E-state index in [9.17, 15) is 9.59 Å². The maximum Gasteiger partial charge on any atom is 0.325 e. The zero-order valence-corrected chi connectivity index (χ0v) is 10.6. The van der Waals surface area contributed by atoms with Gasteiger partial charge in [-0.05, 0) is 23.8 Å². The first kappa shape index (κ1) is 13.8. The average Bonchev–Trinajstić information content (AvgIpc) is 2.24. The molecule has 0 aliphatic rings. The molecule has 1 aromatic carbocycles. The lowest BCUT2D eigenvalue weighted by atomic mass is 10.1. The molecule has 17 heavy (non-hydrogen) atoms. The molecule has 1 rings (SSSR count). The molecule has 0 atom stereocenters. The van der Waals surface area contributed by atoms with E-state index in [0.717, 1.165) is 0 Å². The Hall–Kier alpha value is -1.26. The highest BCUT2D eigenvalue weighted by Crippen LogP contribution is 2.19. The zero-order chi connectivity index (χ0) is 12.8. The fourth-order valence-electron chi connectivity index (χ4n) is 1.20. The molecule has 0 radical (unpaired) electrons. The van der Waals surface area contributed by atoms with Crippen LogP contribution in [0.1, 0.15) is 5.56 Å². The molecular weight excluding hydrogens is 265 g/mol. The van der Waals surface area contributed by atoms with Crippen LogP contribution in [0.4, 0.5) is 0 Å². The number of benzene rings is 1. The Bertz CT molecular complexity index is 414. The quantitative estimate of drug-likeness (QED) is 0.853. The summed E-state index contributed by atoms with van der Waals surface area (Å²) in [6, 6.07) is 4.87. The van der Waals surface area contributed by atoms with Crippen LogP contribution in [-0.2, 0) is 20.7 Å². The number of methoxy groups -OCH3 is 1. The van der Waals surface area contributed by atoms with E-state index in [-0.39, 0.29) is 18.9 Å². The predicted molar refractivity (Wildman–Crippen MR) is 65.2 cm³/mol. The zero-order valence-electron chi connectivity index (χ0n) is 9.13. The summed E-state index contributed by atoms with van der Waals surface area (Å²) >= 11 is 11.6. The van der Waals surface area contributed by atoms with Crippen molar-refractivity contribution >= 4 is 35.1 Å². The second kappa shape index (κ2) is 6.47. The monoisotopic (exact) mass is 275 g/mol. The highest BCUT2D eigenvalue weighted by molar-refractivity contribution is 6.34. The molecule has 4 nitrogen and oxygen atoms in total. The van der Waals surface area contributed by atoms with Gasteiger partial charge >= 0.3 is 5.97 Å². The summed E-state index contributed by atoms with van der Waals surface area (Å²) in [6.45, 7) is -0.149. The fraction of sp³-hybridized carbons (Fsp3) is 0.273. The van der Waals surface area contributed by atoms with Crippen molar-refractivity contribution in [3.8, 4) is 0 Å². The molecule has 0 heterocycles. The molecule has 0 aliphatic heterocycles. The number of halogens is 2. The van der Waals surface area contributed by atoms with Crippen molar-refractivity contribution in [2.75, 3.05) is 13.7 Å². The number of hydrogen-bond acceptors (Lipinski definition) is 3. The Morgan fingerprint density at radius 1 is 1.24 bits per heavy atom. The summed E-state index contributed by atoms with van der Waals surface area (Å²) < 4.78 is 4.39. The standard InChI is InChI=1S/C11H11Cl2NO3/c1-17-11(16)6-14-10(15)4-7-2-8(12)5-9(13)3-7/h2-3,5H,4,6H2,1H3,(H,14,15). The van der Waals surface area contributed by atoms with Crippen molar-refractivity contribution in [1.82, 2.24) is 5.32 Å². The van der Waals surface area contributed by atoms with E-state index < -0.39 is 5.97 Å². The molecule has 0 fully saturated rings. The normalized spacial score (nSPS) is 9.82. The molecule has 0 bridgehead atoms. The highest BCUT2D eigenvalue weighted by Gasteiger charge is 2.07. The second-order valence-electron chi connectivity index (χ2n) is 3.31. The van der Waals surface area contributed by atoms with Crippen molar-refractivity contribution in [3.05, 3.63) is 33.8 Å². The summed E-state index contributed by atoms with van der Waals surface area (Å²) in [7, 11) is 1.26. The van der Waals surface area contributed by atoms with Crippen molar-refractivity contribution < 1.29 is 14.3 Å². The van der Waals surface area contributed by atoms with E-state index in [0.29, 0.717) is 15.6 Å². The summed E-state index contributed by atoms with van der Waals surface area (Å²) in [5.41, 5.74) is 0.685. The number of rotatable bonds is 4. The van der Waals surface area contributed by atoms with Gasteiger partial charge in [0.15, 0.2) is 0 Å². The predicted octanol–water partition coefficient (Wildman–Crippen LogP) is 1.83. The number of esters is 1. The van der Waals surface area contributed by atoms with Crippen molar-refractivity contribution in [2.24, 2.45) is 0 Å². The summed E-state index contributed by atoms with van der Waals surface area (Å²) in [4.78, 5) is 22.2. The Morgan fingerprint density at radius 3 is 2.35 bits per heavy atom. The number of nitrogens with one attached hydrogen (secondary N) is 1. The van der Waals surface area contributed by atoms with Crippen LogP contribution >= 0.6 is 23.2 Å². The molecule has 0 aromatic heterocycles. The molecule has 0 saturated heterocycles. The largest absolute Gasteiger partial charge is 0.468 e. The minimum atomic E-state index is -0.498. The van der Waals surface area contributed by atoms with Gasteiger partial charge in [-0.25, -0.2) is 0 Å². The van der Waals surface area contributed by atoms with Gasteiger partial charge in [0.05, 0.1) is 13.5 Å². The van der Waals surface area contributed by atoms with Crippen LogP contribution < -0.4 is 5.32 Å². The first-order valence-corrected chi connectivity index (χ1v) is 5.55. The number of hydrogen-bond donors (Lipinski definition) is 1. The van der Waals surface area contributed by atoms with E-state index in [1.54, 1.807) is 18.2 Å². The second-order valence-corrected chi connectivity index (χ2v) is 4.18. The molecule has 1 amide bonds. The number of carbonyl (C=O) groups is 2. The van der Waals surface area contributed by atoms with E-state index in [2.05, 4.69) is 10.1 Å². The van der Waals surface area contributed by atoms with Crippen LogP contribution in [-0.4, -0.2) is 25.5 Å². The lowest BCUT2D eigenvalue weighted by Crippen LogP contribution is -2.31. The minimum Gasteiger partial charge on any atom is -0.468 e. The third-order valence-electron chi connectivity index (χ3n) is 1.94. The number of carbonyl (C=O) groups excluding carboxylic acids is 2. The Morgan fingerprint density at radius 2 is 1.82 bits per heavy atom. The Kier molecular flexibility index (Phi) is 5.25. The highest BCUT2D eigenvalue weighted by atomic mass is 35.5. The van der Waals surface area contributed by atoms with E-state index in [1.165, 1.54) is 7.11 Å². The third kappa shape index (κ3) is 5.06. The molecule has 0 aliphatic carbocycles. The van der Waals surface area contributed by atoms with Gasteiger partial charge in [-0.2, -0.15) is 0 Å². The molecule has 0 saturated carbocycles. The smallest absolute Gasteiger partial charge is 0.325 e. The molecule has 1 N–H and O–H groups in total. The number of amides is 1. The van der Waals surface area contributed by atoms with Crippen LogP contribution in [0, 0.1) is 0 Å². The average molecular weight is 276 g/mol. The van der Waals surface area contributed by atoms with Crippen LogP contribution in [0.25, 0.3) is 0 Å². The summed E-state index contributed by atoms with van der Waals surface area (Å²) in [6.07, 6.45) is 0.108. The van der Waals surface area contributed by atoms with Crippen LogP contribution in [0.15, 0.2) is 18.2 Å². The lowest BCUT2D eigenvalue weighted by Gasteiger charge is -2.05. The SMILES string of the molecule is COC(=O)CNC(=O)Cc1cc(Cl)cc(Cl)c1. The van der Waals surface area contributed by atoms with Gasteiger partial charge in [-0.15, -0.1) is 0 Å². The van der Waals surface area contributed by atoms with Gasteiger partial charge in [0, 0.05) is 10.0 Å². The lowest BCUT2D eigenvalue weighted by molar-refractivity contribution is -0.141. The molecule has 6 heteroatoms. The summed E-state index contributed by atoms with van der Waals surface area (Å²) in [5.74, 6) is -0.795. The first-order valence-electron chi connectivity index (χ1n) is 4.79. The molecule has 1 aromatic rings. The van der Waals surface area contributed by atoms with Crippen molar-refractivity contribution in [2.45, 2.75) is 6.42 Å². The number of ether oxygens (including phenoxy) is 1. The van der Waals surface area contributed by atoms with Crippen LogP contribution in [0.3, 0.4) is 0 Å². The van der Waals surface area contributed by atoms with Gasteiger partial charge < -0.3 is 10.1 Å².